The van der Waals surface area contributed by atoms with Crippen LogP contribution in [-0.2, 0) is 29.5 Å². The molecule has 8 rings (SSSR count). The van der Waals surface area contributed by atoms with E-state index in [1.807, 2.05) is 41.5 Å². The molecule has 6 aromatic rings. The number of carbonyl (C=O) groups excluding carboxylic acids is 2. The highest BCUT2D eigenvalue weighted by Crippen LogP contribution is 2.33. The standard InChI is InChI=1S/C21H24BrN5O4S.C12H7BrClN3O2S.C9H18N2O2/c1-21(2,3)31-20(28)26-10-9-14(12-26)25-18-16-11-17(22)27(19(16)24-13-23-18)32(29,30)15-7-5-4-6-8-15;13-10-6-9-11(14)15-7-16-12(9)17(10)20(18,19)8-4-2-1-3-5-8;1-9(2,3)13-8(12)11-5-4-7(10)6-11/h4-8,11,13-14H,9-10,12H2,1-3H3,(H,23,24,25);1-7H;7H,4-6,10H2,1-3H3. The Morgan fingerprint density at radius 3 is 1.62 bits per heavy atom. The Kier molecular flexibility index (Phi) is 15.2. The zero-order chi connectivity index (χ0) is 47.5. The second-order valence-corrected chi connectivity index (χ2v) is 22.5. The Morgan fingerprint density at radius 1 is 0.692 bits per heavy atom. The molecule has 4 aromatic heterocycles. The molecule has 18 nitrogen and oxygen atoms in total. The minimum absolute atomic E-state index is 0.0477. The number of benzene rings is 2. The monoisotopic (exact) mass is 1080 g/mol. The lowest BCUT2D eigenvalue weighted by Crippen LogP contribution is -2.36. The van der Waals surface area contributed by atoms with Crippen molar-refractivity contribution in [1.82, 2.24) is 37.7 Å². The summed E-state index contributed by atoms with van der Waals surface area (Å²) in [5, 5.41) is 4.58. The number of amides is 2. The van der Waals surface area contributed by atoms with Gasteiger partial charge >= 0.3 is 12.2 Å². The Balaban J connectivity index is 0.000000180. The van der Waals surface area contributed by atoms with Crippen LogP contribution in [0.3, 0.4) is 0 Å². The van der Waals surface area contributed by atoms with Crippen LogP contribution in [0.4, 0.5) is 15.4 Å². The van der Waals surface area contributed by atoms with Crippen LogP contribution in [-0.4, -0.2) is 116 Å². The van der Waals surface area contributed by atoms with E-state index in [4.69, 9.17) is 26.8 Å². The summed E-state index contributed by atoms with van der Waals surface area (Å²) in [6.07, 6.45) is 3.55. The molecule has 3 N–H and O–H groups in total. The van der Waals surface area contributed by atoms with Crippen LogP contribution in [0.25, 0.3) is 22.1 Å². The molecule has 0 saturated carbocycles. The van der Waals surface area contributed by atoms with Crippen LogP contribution in [0.1, 0.15) is 54.4 Å². The van der Waals surface area contributed by atoms with Gasteiger partial charge in [-0.3, -0.25) is 0 Å². The van der Waals surface area contributed by atoms with Crippen LogP contribution >= 0.6 is 43.5 Å². The van der Waals surface area contributed by atoms with Gasteiger partial charge in [0.05, 0.1) is 20.6 Å². The van der Waals surface area contributed by atoms with Crippen LogP contribution < -0.4 is 11.1 Å². The molecule has 65 heavy (non-hydrogen) atoms. The summed E-state index contributed by atoms with van der Waals surface area (Å²) in [6, 6.07) is 19.6. The van der Waals surface area contributed by atoms with Crippen molar-refractivity contribution in [1.29, 1.82) is 0 Å². The minimum Gasteiger partial charge on any atom is -0.444 e. The number of nitrogens with two attached hydrogens (primary N) is 1. The van der Waals surface area contributed by atoms with Crippen molar-refractivity contribution in [2.24, 2.45) is 5.73 Å². The van der Waals surface area contributed by atoms with E-state index in [-0.39, 0.29) is 50.5 Å². The molecule has 2 saturated heterocycles. The highest BCUT2D eigenvalue weighted by Gasteiger charge is 2.32. The third-order valence-electron chi connectivity index (χ3n) is 9.60. The Labute approximate surface area is 399 Å². The van der Waals surface area contributed by atoms with Crippen molar-refractivity contribution in [2.45, 2.75) is 87.5 Å². The van der Waals surface area contributed by atoms with Gasteiger partial charge < -0.3 is 30.3 Å². The van der Waals surface area contributed by atoms with E-state index in [2.05, 4.69) is 57.1 Å². The zero-order valence-electron chi connectivity index (χ0n) is 36.4. The van der Waals surface area contributed by atoms with E-state index in [1.165, 1.54) is 36.9 Å². The fourth-order valence-corrected chi connectivity index (χ4v) is 11.6. The molecule has 0 bridgehead atoms. The van der Waals surface area contributed by atoms with Gasteiger partial charge in [0.1, 0.15) is 44.0 Å². The maximum Gasteiger partial charge on any atom is 0.410 e. The van der Waals surface area contributed by atoms with E-state index in [1.54, 1.807) is 58.3 Å². The van der Waals surface area contributed by atoms with Crippen LogP contribution in [0.15, 0.2) is 104 Å². The molecule has 2 unspecified atom stereocenters. The summed E-state index contributed by atoms with van der Waals surface area (Å²) in [5.74, 6) is 0.508. The Hall–Kier alpha value is -4.87. The average Bonchev–Trinajstić information content (AvgIpc) is 4.04. The summed E-state index contributed by atoms with van der Waals surface area (Å²) in [4.78, 5) is 43.9. The molecule has 348 valence electrons. The molecule has 6 heterocycles. The second-order valence-electron chi connectivity index (χ2n) is 17.0. The van der Waals surface area contributed by atoms with Crippen LogP contribution in [0, 0.1) is 0 Å². The van der Waals surface area contributed by atoms with Crippen molar-refractivity contribution in [2.75, 3.05) is 31.5 Å². The normalized spacial score (nSPS) is 16.7. The highest BCUT2D eigenvalue weighted by molar-refractivity contribution is 9.10. The van der Waals surface area contributed by atoms with Gasteiger partial charge in [-0.1, -0.05) is 48.0 Å². The van der Waals surface area contributed by atoms with E-state index in [9.17, 15) is 26.4 Å². The molecule has 0 aliphatic carbocycles. The Morgan fingerprint density at radius 2 is 1.14 bits per heavy atom. The third kappa shape index (κ3) is 11.9. The number of rotatable bonds is 6. The van der Waals surface area contributed by atoms with Gasteiger partial charge in [0.2, 0.25) is 0 Å². The first-order valence-corrected chi connectivity index (χ1v) is 25.1. The predicted molar refractivity (Wildman–Crippen MR) is 254 cm³/mol. The number of likely N-dealkylation sites (tertiary alicyclic amines) is 2. The molecule has 0 spiro atoms. The lowest BCUT2D eigenvalue weighted by molar-refractivity contribution is 0.0282. The van der Waals surface area contributed by atoms with Gasteiger partial charge in [-0.25, -0.2) is 54.3 Å². The molecular formula is C42H49Br2ClN10O8S2. The van der Waals surface area contributed by atoms with Crippen molar-refractivity contribution in [3.63, 3.8) is 0 Å². The van der Waals surface area contributed by atoms with Gasteiger partial charge in [-0.2, -0.15) is 0 Å². The van der Waals surface area contributed by atoms with Gasteiger partial charge in [0.25, 0.3) is 20.0 Å². The molecule has 2 aliphatic heterocycles. The second kappa shape index (κ2) is 19.9. The van der Waals surface area contributed by atoms with Gasteiger partial charge in [0, 0.05) is 38.3 Å². The van der Waals surface area contributed by atoms with Crippen molar-refractivity contribution >= 4 is 104 Å². The minimum atomic E-state index is -3.85. The summed E-state index contributed by atoms with van der Waals surface area (Å²) >= 11 is 12.6. The number of carbonyl (C=O) groups is 2. The summed E-state index contributed by atoms with van der Waals surface area (Å²) in [7, 11) is -7.60. The molecule has 0 radical (unpaired) electrons. The number of aromatic nitrogens is 6. The molecular weight excluding hydrogens is 1030 g/mol. The smallest absolute Gasteiger partial charge is 0.410 e. The van der Waals surface area contributed by atoms with Crippen molar-refractivity contribution < 1.29 is 35.9 Å². The average molecular weight is 1080 g/mol. The highest BCUT2D eigenvalue weighted by atomic mass is 79.9. The number of hydrogen-bond acceptors (Lipinski definition) is 14. The molecule has 2 amide bonds. The van der Waals surface area contributed by atoms with E-state index >= 15 is 0 Å². The SMILES string of the molecule is CC(C)(C)OC(=O)N1CCC(N)C1.CC(C)(C)OC(=O)N1CCC(Nc2ncnc3c2cc(Br)n3S(=O)(=O)c2ccccc2)C1.O=S(=O)(c1ccccc1)n1c(Br)cc2c(Cl)ncnc21. The number of nitrogens with one attached hydrogen (secondary N) is 1. The maximum atomic E-state index is 13.2. The van der Waals surface area contributed by atoms with E-state index < -0.39 is 31.2 Å². The molecule has 2 aromatic carbocycles. The van der Waals surface area contributed by atoms with Gasteiger partial charge in [-0.15, -0.1) is 0 Å². The summed E-state index contributed by atoms with van der Waals surface area (Å²) < 4.78 is 65.4. The molecule has 23 heteroatoms. The van der Waals surface area contributed by atoms with E-state index in [0.717, 1.165) is 27.3 Å². The fraction of sp³-hybridized carbons (Fsp3) is 0.381. The number of fused-ring (bicyclic) bond motifs is 2. The molecule has 2 fully saturated rings. The summed E-state index contributed by atoms with van der Waals surface area (Å²) in [5.41, 5.74) is 5.21. The van der Waals surface area contributed by atoms with Gasteiger partial charge in [0.15, 0.2) is 11.3 Å². The molecule has 2 atom stereocenters. The number of halogens is 3. The Bertz CT molecular complexity index is 2890. The first-order chi connectivity index (χ1) is 30.5. The predicted octanol–water partition coefficient (Wildman–Crippen LogP) is 7.89. The largest absolute Gasteiger partial charge is 0.444 e. The van der Waals surface area contributed by atoms with Crippen molar-refractivity contribution in [3.05, 3.63) is 99.8 Å². The third-order valence-corrected chi connectivity index (χ3v) is 15.0. The first-order valence-electron chi connectivity index (χ1n) is 20.2. The van der Waals surface area contributed by atoms with Crippen LogP contribution in [0.5, 0.6) is 0 Å². The lowest BCUT2D eigenvalue weighted by atomic mass is 10.2. The molecule has 2 aliphatic rings. The maximum absolute atomic E-state index is 13.2. The first kappa shape index (κ1) is 49.6. The quantitative estimate of drug-likeness (QED) is 0.151. The summed E-state index contributed by atoms with van der Waals surface area (Å²) in [6.45, 7) is 13.5. The number of hydrogen-bond donors (Lipinski definition) is 2. The van der Waals surface area contributed by atoms with Crippen LogP contribution in [0.2, 0.25) is 5.15 Å². The topological polar surface area (TPSA) is 227 Å². The zero-order valence-corrected chi connectivity index (χ0v) is 41.9. The fourth-order valence-electron chi connectivity index (χ4n) is 6.70. The lowest BCUT2D eigenvalue weighted by Gasteiger charge is -2.24. The van der Waals surface area contributed by atoms with E-state index in [0.29, 0.717) is 45.4 Å². The number of anilines is 1. The number of nitrogens with zero attached hydrogens (tertiary/aromatic N) is 8. The number of ether oxygens (including phenoxy) is 2. The van der Waals surface area contributed by atoms with Crippen molar-refractivity contribution in [3.8, 4) is 0 Å². The van der Waals surface area contributed by atoms with Gasteiger partial charge in [-0.05, 0) is 123 Å².